The third kappa shape index (κ3) is 1.41. The average molecular weight is 189 g/mol. The number of anilines is 1. The van der Waals surface area contributed by atoms with Crippen LogP contribution < -0.4 is 4.90 Å². The van der Waals surface area contributed by atoms with E-state index in [0.29, 0.717) is 5.92 Å². The fourth-order valence-corrected chi connectivity index (χ4v) is 2.36. The molecule has 0 aliphatic carbocycles. The van der Waals surface area contributed by atoms with Crippen LogP contribution in [0.5, 0.6) is 0 Å². The van der Waals surface area contributed by atoms with Crippen LogP contribution in [0.3, 0.4) is 0 Å². The van der Waals surface area contributed by atoms with Gasteiger partial charge in [-0.15, -0.1) is 0 Å². The highest BCUT2D eigenvalue weighted by Crippen LogP contribution is 2.37. The Morgan fingerprint density at radius 3 is 2.71 bits per heavy atom. The van der Waals surface area contributed by atoms with E-state index in [1.54, 1.807) is 0 Å². The van der Waals surface area contributed by atoms with E-state index in [0.717, 1.165) is 5.92 Å². The lowest BCUT2D eigenvalue weighted by atomic mass is 9.83. The van der Waals surface area contributed by atoms with E-state index in [2.05, 4.69) is 50.9 Å². The van der Waals surface area contributed by atoms with Gasteiger partial charge in [-0.3, -0.25) is 0 Å². The van der Waals surface area contributed by atoms with Gasteiger partial charge in [-0.1, -0.05) is 26.0 Å². The summed E-state index contributed by atoms with van der Waals surface area (Å²) in [4.78, 5) is 2.38. The molecule has 0 saturated carbocycles. The van der Waals surface area contributed by atoms with Crippen LogP contribution in [0, 0.1) is 12.8 Å². The zero-order valence-electron chi connectivity index (χ0n) is 9.54. The molecule has 1 nitrogen and oxygen atoms in total. The van der Waals surface area contributed by atoms with E-state index in [4.69, 9.17) is 0 Å². The van der Waals surface area contributed by atoms with Gasteiger partial charge in [-0.25, -0.2) is 0 Å². The van der Waals surface area contributed by atoms with Crippen molar-refractivity contribution >= 4 is 5.69 Å². The number of aryl methyl sites for hydroxylation is 1. The minimum atomic E-state index is 0.696. The SMILES string of the molecule is Cc1ccc2c(c1)N(C)CC(C)C2C. The topological polar surface area (TPSA) is 3.24 Å². The average Bonchev–Trinajstić information content (AvgIpc) is 2.14. The Kier molecular flexibility index (Phi) is 2.26. The predicted octanol–water partition coefficient (Wildman–Crippen LogP) is 3.18. The molecule has 14 heavy (non-hydrogen) atoms. The van der Waals surface area contributed by atoms with E-state index >= 15 is 0 Å². The molecule has 0 N–H and O–H groups in total. The van der Waals surface area contributed by atoms with Gasteiger partial charge in [0.05, 0.1) is 0 Å². The minimum Gasteiger partial charge on any atom is -0.374 e. The maximum Gasteiger partial charge on any atom is 0.0401 e. The van der Waals surface area contributed by atoms with E-state index in [1.165, 1.54) is 23.4 Å². The van der Waals surface area contributed by atoms with Crippen molar-refractivity contribution in [3.05, 3.63) is 29.3 Å². The highest BCUT2D eigenvalue weighted by atomic mass is 15.1. The van der Waals surface area contributed by atoms with Crippen molar-refractivity contribution < 1.29 is 0 Å². The first-order valence-corrected chi connectivity index (χ1v) is 5.41. The Hall–Kier alpha value is -0.980. The molecule has 76 valence electrons. The molecule has 0 saturated heterocycles. The first-order valence-electron chi connectivity index (χ1n) is 5.41. The number of nitrogens with zero attached hydrogens (tertiary/aromatic N) is 1. The molecule has 2 unspecified atom stereocenters. The molecule has 0 spiro atoms. The third-order valence-electron chi connectivity index (χ3n) is 3.50. The molecule has 0 amide bonds. The van der Waals surface area contributed by atoms with Crippen molar-refractivity contribution in [2.45, 2.75) is 26.7 Å². The Morgan fingerprint density at radius 1 is 1.29 bits per heavy atom. The van der Waals surface area contributed by atoms with Gasteiger partial charge < -0.3 is 4.90 Å². The molecule has 1 heteroatoms. The van der Waals surface area contributed by atoms with Gasteiger partial charge in [0, 0.05) is 19.3 Å². The molecule has 1 aliphatic rings. The first kappa shape index (κ1) is 9.57. The maximum absolute atomic E-state index is 2.38. The number of rotatable bonds is 0. The second-order valence-electron chi connectivity index (χ2n) is 4.71. The van der Waals surface area contributed by atoms with Gasteiger partial charge in [-0.05, 0) is 36.0 Å². The molecule has 1 aliphatic heterocycles. The zero-order valence-corrected chi connectivity index (χ0v) is 9.54. The summed E-state index contributed by atoms with van der Waals surface area (Å²) in [7, 11) is 2.20. The second kappa shape index (κ2) is 3.30. The lowest BCUT2D eigenvalue weighted by Gasteiger charge is -2.36. The fraction of sp³-hybridized carbons (Fsp3) is 0.538. The third-order valence-corrected chi connectivity index (χ3v) is 3.50. The number of hydrogen-bond acceptors (Lipinski definition) is 1. The van der Waals surface area contributed by atoms with Crippen molar-refractivity contribution in [3.8, 4) is 0 Å². The normalized spacial score (nSPS) is 26.1. The van der Waals surface area contributed by atoms with Crippen molar-refractivity contribution in [1.29, 1.82) is 0 Å². The highest BCUT2D eigenvalue weighted by Gasteiger charge is 2.25. The molecular weight excluding hydrogens is 170 g/mol. The number of hydrogen-bond donors (Lipinski definition) is 0. The summed E-state index contributed by atoms with van der Waals surface area (Å²) in [5.74, 6) is 1.46. The lowest BCUT2D eigenvalue weighted by molar-refractivity contribution is 0.468. The first-order chi connectivity index (χ1) is 6.59. The molecule has 1 heterocycles. The van der Waals surface area contributed by atoms with Crippen LogP contribution in [0.4, 0.5) is 5.69 Å². The summed E-state index contributed by atoms with van der Waals surface area (Å²) in [5, 5.41) is 0. The summed E-state index contributed by atoms with van der Waals surface area (Å²) in [6.45, 7) is 8.02. The second-order valence-corrected chi connectivity index (χ2v) is 4.71. The highest BCUT2D eigenvalue weighted by molar-refractivity contribution is 5.58. The van der Waals surface area contributed by atoms with Crippen molar-refractivity contribution in [3.63, 3.8) is 0 Å². The number of benzene rings is 1. The van der Waals surface area contributed by atoms with Gasteiger partial charge in [0.25, 0.3) is 0 Å². The molecular formula is C13H19N. The quantitative estimate of drug-likeness (QED) is 0.606. The molecule has 1 aromatic rings. The van der Waals surface area contributed by atoms with Crippen LogP contribution in [-0.2, 0) is 0 Å². The maximum atomic E-state index is 2.38. The van der Waals surface area contributed by atoms with Gasteiger partial charge in [0.15, 0.2) is 0 Å². The van der Waals surface area contributed by atoms with E-state index in [1.807, 2.05) is 0 Å². The number of fused-ring (bicyclic) bond motifs is 1. The van der Waals surface area contributed by atoms with Crippen molar-refractivity contribution in [2.75, 3.05) is 18.5 Å². The van der Waals surface area contributed by atoms with E-state index in [-0.39, 0.29) is 0 Å². The van der Waals surface area contributed by atoms with Crippen molar-refractivity contribution in [2.24, 2.45) is 5.92 Å². The molecule has 0 aromatic heterocycles. The Balaban J connectivity index is 2.50. The van der Waals surface area contributed by atoms with Crippen LogP contribution in [0.2, 0.25) is 0 Å². The Bertz CT molecular complexity index is 343. The Labute approximate surface area is 86.7 Å². The van der Waals surface area contributed by atoms with E-state index < -0.39 is 0 Å². The van der Waals surface area contributed by atoms with Crippen LogP contribution in [0.25, 0.3) is 0 Å². The van der Waals surface area contributed by atoms with Gasteiger partial charge in [-0.2, -0.15) is 0 Å². The predicted molar refractivity (Wildman–Crippen MR) is 62.0 cm³/mol. The fourth-order valence-electron chi connectivity index (χ4n) is 2.36. The van der Waals surface area contributed by atoms with Gasteiger partial charge in [0.1, 0.15) is 0 Å². The van der Waals surface area contributed by atoms with Crippen LogP contribution in [-0.4, -0.2) is 13.6 Å². The smallest absolute Gasteiger partial charge is 0.0401 e. The summed E-state index contributed by atoms with van der Waals surface area (Å²) < 4.78 is 0. The summed E-state index contributed by atoms with van der Waals surface area (Å²) >= 11 is 0. The molecule has 0 radical (unpaired) electrons. The molecule has 0 bridgehead atoms. The monoisotopic (exact) mass is 189 g/mol. The lowest BCUT2D eigenvalue weighted by Crippen LogP contribution is -2.32. The molecule has 2 atom stereocenters. The zero-order chi connectivity index (χ0) is 10.3. The van der Waals surface area contributed by atoms with Gasteiger partial charge in [0.2, 0.25) is 0 Å². The van der Waals surface area contributed by atoms with Crippen LogP contribution in [0.1, 0.15) is 30.9 Å². The summed E-state index contributed by atoms with van der Waals surface area (Å²) in [6.07, 6.45) is 0. The standard InChI is InChI=1S/C13H19N/c1-9-5-6-12-11(3)10(2)8-14(4)13(12)7-9/h5-7,10-11H,8H2,1-4H3. The molecule has 2 rings (SSSR count). The Morgan fingerprint density at radius 2 is 2.00 bits per heavy atom. The largest absolute Gasteiger partial charge is 0.374 e. The van der Waals surface area contributed by atoms with Crippen LogP contribution >= 0.6 is 0 Å². The molecule has 1 aromatic carbocycles. The van der Waals surface area contributed by atoms with E-state index in [9.17, 15) is 0 Å². The minimum absolute atomic E-state index is 0.696. The van der Waals surface area contributed by atoms with Gasteiger partial charge >= 0.3 is 0 Å². The van der Waals surface area contributed by atoms with Crippen LogP contribution in [0.15, 0.2) is 18.2 Å². The molecule has 0 fully saturated rings. The summed E-state index contributed by atoms with van der Waals surface area (Å²) in [5.41, 5.74) is 4.30. The van der Waals surface area contributed by atoms with Crippen molar-refractivity contribution in [1.82, 2.24) is 0 Å². The summed E-state index contributed by atoms with van der Waals surface area (Å²) in [6, 6.07) is 6.82.